The lowest BCUT2D eigenvalue weighted by molar-refractivity contribution is -0.120. The fraction of sp³-hybridized carbons (Fsp3) is 0.400. The van der Waals surface area contributed by atoms with Crippen molar-refractivity contribution in [3.63, 3.8) is 0 Å². The molecule has 1 N–H and O–H groups in total. The first kappa shape index (κ1) is 17.5. The third-order valence-electron chi connectivity index (χ3n) is 5.38. The van der Waals surface area contributed by atoms with Crippen LogP contribution in [0.5, 0.6) is 0 Å². The molecule has 2 aromatic heterocycles. The maximum Gasteiger partial charge on any atom is 0.263 e. The highest BCUT2D eigenvalue weighted by Gasteiger charge is 2.29. The monoisotopic (exact) mass is 365 g/mol. The number of carbonyl (C=O) groups excluding carboxylic acids is 1. The summed E-state index contributed by atoms with van der Waals surface area (Å²) in [6.07, 6.45) is 3.28. The van der Waals surface area contributed by atoms with Crippen LogP contribution in [0.2, 0.25) is 0 Å². The molecule has 3 aromatic rings. The van der Waals surface area contributed by atoms with Crippen LogP contribution in [0.25, 0.3) is 11.1 Å². The molecule has 140 valence electrons. The van der Waals surface area contributed by atoms with Crippen molar-refractivity contribution in [1.82, 2.24) is 15.1 Å². The lowest BCUT2D eigenvalue weighted by Gasteiger charge is -2.33. The van der Waals surface area contributed by atoms with Crippen LogP contribution in [0.3, 0.4) is 0 Å². The number of anilines is 2. The van der Waals surface area contributed by atoms with E-state index in [1.54, 1.807) is 0 Å². The predicted molar refractivity (Wildman–Crippen MR) is 104 cm³/mol. The zero-order valence-corrected chi connectivity index (χ0v) is 15.8. The number of rotatable bonds is 3. The van der Waals surface area contributed by atoms with Gasteiger partial charge in [-0.3, -0.25) is 4.79 Å². The van der Waals surface area contributed by atoms with Gasteiger partial charge in [-0.25, -0.2) is 4.98 Å². The Morgan fingerprint density at radius 1 is 1.26 bits per heavy atom. The molecule has 27 heavy (non-hydrogen) atoms. The van der Waals surface area contributed by atoms with Gasteiger partial charge in [0, 0.05) is 18.8 Å². The Kier molecular flexibility index (Phi) is 4.51. The number of hydrogen-bond acceptors (Lipinski definition) is 6. The summed E-state index contributed by atoms with van der Waals surface area (Å²) >= 11 is 0. The summed E-state index contributed by atoms with van der Waals surface area (Å²) in [5.74, 6) is 0.757. The number of carbonyl (C=O) groups is 1. The zero-order chi connectivity index (χ0) is 19.0. The van der Waals surface area contributed by atoms with Crippen molar-refractivity contribution < 1.29 is 9.32 Å². The summed E-state index contributed by atoms with van der Waals surface area (Å²) in [4.78, 5) is 23.6. The SMILES string of the molecule is Cc1cccc(NC(=O)[C@H]2CCCN(c3ncnc4onc(C)c34)C2)c1C. The summed E-state index contributed by atoms with van der Waals surface area (Å²) in [5, 5.41) is 7.93. The second kappa shape index (κ2) is 6.98. The van der Waals surface area contributed by atoms with Crippen LogP contribution in [0.4, 0.5) is 11.5 Å². The van der Waals surface area contributed by atoms with Gasteiger partial charge in [-0.05, 0) is 50.8 Å². The molecule has 7 heteroatoms. The summed E-state index contributed by atoms with van der Waals surface area (Å²) in [6, 6.07) is 5.97. The lowest BCUT2D eigenvalue weighted by Crippen LogP contribution is -2.41. The Hall–Kier alpha value is -2.96. The highest BCUT2D eigenvalue weighted by Crippen LogP contribution is 2.30. The third-order valence-corrected chi connectivity index (χ3v) is 5.38. The lowest BCUT2D eigenvalue weighted by atomic mass is 9.96. The normalized spacial score (nSPS) is 17.3. The van der Waals surface area contributed by atoms with Gasteiger partial charge in [-0.15, -0.1) is 0 Å². The minimum atomic E-state index is -0.0937. The zero-order valence-electron chi connectivity index (χ0n) is 15.8. The molecule has 1 aromatic carbocycles. The highest BCUT2D eigenvalue weighted by molar-refractivity contribution is 5.94. The number of benzene rings is 1. The van der Waals surface area contributed by atoms with E-state index in [2.05, 4.69) is 38.3 Å². The first-order chi connectivity index (χ1) is 13.0. The summed E-state index contributed by atoms with van der Waals surface area (Å²) < 4.78 is 5.25. The molecular formula is C20H23N5O2. The van der Waals surface area contributed by atoms with Crippen LogP contribution < -0.4 is 10.2 Å². The molecule has 1 aliphatic heterocycles. The molecule has 3 heterocycles. The van der Waals surface area contributed by atoms with Gasteiger partial charge in [0.15, 0.2) is 0 Å². The van der Waals surface area contributed by atoms with E-state index in [4.69, 9.17) is 4.52 Å². The van der Waals surface area contributed by atoms with E-state index in [0.717, 1.165) is 47.5 Å². The van der Waals surface area contributed by atoms with Crippen molar-refractivity contribution in [3.05, 3.63) is 41.3 Å². The first-order valence-corrected chi connectivity index (χ1v) is 9.23. The van der Waals surface area contributed by atoms with E-state index in [1.165, 1.54) is 11.9 Å². The quantitative estimate of drug-likeness (QED) is 0.766. The smallest absolute Gasteiger partial charge is 0.263 e. The van der Waals surface area contributed by atoms with Crippen molar-refractivity contribution in [2.45, 2.75) is 33.6 Å². The Balaban J connectivity index is 1.55. The molecule has 1 fully saturated rings. The molecule has 0 bridgehead atoms. The topological polar surface area (TPSA) is 84.2 Å². The molecule has 0 saturated carbocycles. The van der Waals surface area contributed by atoms with E-state index in [9.17, 15) is 4.79 Å². The Labute approximate surface area is 157 Å². The number of nitrogens with one attached hydrogen (secondary N) is 1. The van der Waals surface area contributed by atoms with E-state index < -0.39 is 0 Å². The molecule has 0 aliphatic carbocycles. The van der Waals surface area contributed by atoms with Gasteiger partial charge in [0.2, 0.25) is 5.91 Å². The van der Waals surface area contributed by atoms with Gasteiger partial charge in [0.05, 0.1) is 11.6 Å². The van der Waals surface area contributed by atoms with Crippen molar-refractivity contribution in [2.24, 2.45) is 5.92 Å². The number of fused-ring (bicyclic) bond motifs is 1. The predicted octanol–water partition coefficient (Wildman–Crippen LogP) is 3.40. The van der Waals surface area contributed by atoms with E-state index in [0.29, 0.717) is 12.3 Å². The molecule has 0 radical (unpaired) electrons. The van der Waals surface area contributed by atoms with Crippen LogP contribution >= 0.6 is 0 Å². The van der Waals surface area contributed by atoms with Crippen LogP contribution in [0, 0.1) is 26.7 Å². The molecular weight excluding hydrogens is 342 g/mol. The molecule has 7 nitrogen and oxygen atoms in total. The molecule has 0 unspecified atom stereocenters. The van der Waals surface area contributed by atoms with Crippen molar-refractivity contribution >= 4 is 28.5 Å². The molecule has 1 aliphatic rings. The maximum absolute atomic E-state index is 12.9. The number of hydrogen-bond donors (Lipinski definition) is 1. The van der Waals surface area contributed by atoms with Crippen LogP contribution in [0.15, 0.2) is 29.0 Å². The Morgan fingerprint density at radius 2 is 2.11 bits per heavy atom. The van der Waals surface area contributed by atoms with Gasteiger partial charge in [0.1, 0.15) is 17.5 Å². The minimum Gasteiger partial charge on any atom is -0.355 e. The fourth-order valence-electron chi connectivity index (χ4n) is 3.65. The van der Waals surface area contributed by atoms with Gasteiger partial charge in [-0.1, -0.05) is 17.3 Å². The van der Waals surface area contributed by atoms with E-state index in [1.807, 2.05) is 26.0 Å². The number of aryl methyl sites for hydroxylation is 2. The molecule has 1 atom stereocenters. The average Bonchev–Trinajstić information content (AvgIpc) is 3.07. The number of piperidine rings is 1. The number of nitrogens with zero attached hydrogens (tertiary/aromatic N) is 4. The molecule has 1 saturated heterocycles. The van der Waals surface area contributed by atoms with Crippen molar-refractivity contribution in [1.29, 1.82) is 0 Å². The summed E-state index contributed by atoms with van der Waals surface area (Å²) in [6.45, 7) is 7.43. The fourth-order valence-corrected chi connectivity index (χ4v) is 3.65. The Morgan fingerprint density at radius 3 is 2.96 bits per heavy atom. The Bertz CT molecular complexity index is 997. The van der Waals surface area contributed by atoms with Gasteiger partial charge in [-0.2, -0.15) is 4.98 Å². The third kappa shape index (κ3) is 3.25. The van der Waals surface area contributed by atoms with Gasteiger partial charge >= 0.3 is 0 Å². The van der Waals surface area contributed by atoms with E-state index >= 15 is 0 Å². The standard InChI is InChI=1S/C20H23N5O2/c1-12-6-4-8-16(13(12)2)23-19(26)15-7-5-9-25(10-15)18-17-14(3)24-27-20(17)22-11-21-18/h4,6,8,11,15H,5,7,9-10H2,1-3H3,(H,23,26)/t15-/m0/s1. The maximum atomic E-state index is 12.9. The number of aromatic nitrogens is 3. The van der Waals surface area contributed by atoms with Gasteiger partial charge < -0.3 is 14.7 Å². The molecule has 0 spiro atoms. The summed E-state index contributed by atoms with van der Waals surface area (Å²) in [7, 11) is 0. The summed E-state index contributed by atoms with van der Waals surface area (Å²) in [5.41, 5.74) is 4.42. The second-order valence-corrected chi connectivity index (χ2v) is 7.17. The van der Waals surface area contributed by atoms with Gasteiger partial charge in [0.25, 0.3) is 5.71 Å². The van der Waals surface area contributed by atoms with Crippen LogP contribution in [-0.4, -0.2) is 34.1 Å². The van der Waals surface area contributed by atoms with E-state index in [-0.39, 0.29) is 11.8 Å². The minimum absolute atomic E-state index is 0.0562. The molecule has 4 rings (SSSR count). The largest absolute Gasteiger partial charge is 0.355 e. The second-order valence-electron chi connectivity index (χ2n) is 7.17. The van der Waals surface area contributed by atoms with Crippen LogP contribution in [-0.2, 0) is 4.79 Å². The molecule has 1 amide bonds. The first-order valence-electron chi connectivity index (χ1n) is 9.23. The highest BCUT2D eigenvalue weighted by atomic mass is 16.5. The number of amides is 1. The van der Waals surface area contributed by atoms with Crippen LogP contribution in [0.1, 0.15) is 29.7 Å². The van der Waals surface area contributed by atoms with Crippen molar-refractivity contribution in [3.8, 4) is 0 Å². The van der Waals surface area contributed by atoms with Crippen molar-refractivity contribution in [2.75, 3.05) is 23.3 Å². The average molecular weight is 365 g/mol.